The Morgan fingerprint density at radius 1 is 1.64 bits per heavy atom. The van der Waals surface area contributed by atoms with Crippen molar-refractivity contribution in [3.05, 3.63) is 28.5 Å². The van der Waals surface area contributed by atoms with Gasteiger partial charge in [0, 0.05) is 11.7 Å². The number of nitrogens with one attached hydrogen (secondary N) is 1. The molecule has 2 nitrogen and oxygen atoms in total. The Bertz CT molecular complexity index is 360. The summed E-state index contributed by atoms with van der Waals surface area (Å²) < 4.78 is 13.3. The zero-order valence-electron chi connectivity index (χ0n) is 7.72. The van der Waals surface area contributed by atoms with Gasteiger partial charge in [-0.3, -0.25) is 0 Å². The topological polar surface area (TPSA) is 35.8 Å². The van der Waals surface area contributed by atoms with Gasteiger partial charge < -0.3 is 5.32 Å². The smallest absolute Gasteiger partial charge is 0.137 e. The largest absolute Gasteiger partial charge is 0.382 e. The van der Waals surface area contributed by atoms with Gasteiger partial charge in [0.2, 0.25) is 0 Å². The first-order chi connectivity index (χ1) is 6.63. The van der Waals surface area contributed by atoms with Crippen LogP contribution < -0.4 is 5.32 Å². The lowest BCUT2D eigenvalue weighted by Crippen LogP contribution is -2.13. The fraction of sp³-hybridized carbons (Fsp3) is 0.300. The summed E-state index contributed by atoms with van der Waals surface area (Å²) in [6.07, 6.45) is 0.426. The van der Waals surface area contributed by atoms with Crippen LogP contribution in [0.5, 0.6) is 0 Å². The SMILES string of the molecule is CC(CC#N)Nc1ccc(F)c(Br)c1. The Morgan fingerprint density at radius 2 is 2.36 bits per heavy atom. The Labute approximate surface area is 90.9 Å². The molecule has 0 saturated heterocycles. The molecule has 0 heterocycles. The lowest BCUT2D eigenvalue weighted by molar-refractivity contribution is 0.621. The van der Waals surface area contributed by atoms with Crippen LogP contribution in [0.25, 0.3) is 0 Å². The molecule has 0 saturated carbocycles. The van der Waals surface area contributed by atoms with Crippen molar-refractivity contribution in [1.82, 2.24) is 0 Å². The predicted molar refractivity (Wildman–Crippen MR) is 57.4 cm³/mol. The maximum atomic E-state index is 12.9. The van der Waals surface area contributed by atoms with Gasteiger partial charge in [-0.05, 0) is 41.1 Å². The van der Waals surface area contributed by atoms with Crippen molar-refractivity contribution in [3.8, 4) is 6.07 Å². The number of halogens is 2. The van der Waals surface area contributed by atoms with Crippen molar-refractivity contribution >= 4 is 21.6 Å². The van der Waals surface area contributed by atoms with Gasteiger partial charge in [0.05, 0.1) is 17.0 Å². The van der Waals surface area contributed by atoms with Gasteiger partial charge >= 0.3 is 0 Å². The molecule has 0 aliphatic carbocycles. The molecule has 4 heteroatoms. The van der Waals surface area contributed by atoms with E-state index in [1.54, 1.807) is 12.1 Å². The monoisotopic (exact) mass is 256 g/mol. The van der Waals surface area contributed by atoms with Crippen LogP contribution in [0.4, 0.5) is 10.1 Å². The Hall–Kier alpha value is -1.08. The van der Waals surface area contributed by atoms with Gasteiger partial charge in [0.25, 0.3) is 0 Å². The van der Waals surface area contributed by atoms with Crippen LogP contribution in [0.3, 0.4) is 0 Å². The number of nitrogens with zero attached hydrogens (tertiary/aromatic N) is 1. The number of hydrogen-bond acceptors (Lipinski definition) is 2. The van der Waals surface area contributed by atoms with Gasteiger partial charge in [-0.15, -0.1) is 0 Å². The van der Waals surface area contributed by atoms with Crippen molar-refractivity contribution in [2.24, 2.45) is 0 Å². The first-order valence-corrected chi connectivity index (χ1v) is 5.01. The molecule has 0 aliphatic rings. The summed E-state index contributed by atoms with van der Waals surface area (Å²) in [5.41, 5.74) is 0.807. The molecule has 1 N–H and O–H groups in total. The van der Waals surface area contributed by atoms with Crippen LogP contribution in [-0.2, 0) is 0 Å². The zero-order chi connectivity index (χ0) is 10.6. The lowest BCUT2D eigenvalue weighted by Gasteiger charge is -2.11. The van der Waals surface area contributed by atoms with Gasteiger partial charge in [-0.1, -0.05) is 0 Å². The van der Waals surface area contributed by atoms with Gasteiger partial charge in [0.1, 0.15) is 5.82 Å². The van der Waals surface area contributed by atoms with Crippen LogP contribution in [0.1, 0.15) is 13.3 Å². The lowest BCUT2D eigenvalue weighted by atomic mass is 10.2. The fourth-order valence-electron chi connectivity index (χ4n) is 1.06. The number of nitriles is 1. The van der Waals surface area contributed by atoms with Crippen LogP contribution in [0.2, 0.25) is 0 Å². The number of rotatable bonds is 3. The third-order valence-electron chi connectivity index (χ3n) is 1.73. The summed E-state index contributed by atoms with van der Waals surface area (Å²) in [7, 11) is 0. The van der Waals surface area contributed by atoms with Gasteiger partial charge in [0.15, 0.2) is 0 Å². The van der Waals surface area contributed by atoms with E-state index in [-0.39, 0.29) is 11.9 Å². The number of benzene rings is 1. The Balaban J connectivity index is 2.69. The molecule has 0 fully saturated rings. The van der Waals surface area contributed by atoms with E-state index in [9.17, 15) is 4.39 Å². The Morgan fingerprint density at radius 3 is 2.93 bits per heavy atom. The molecule has 0 aliphatic heterocycles. The van der Waals surface area contributed by atoms with E-state index in [0.29, 0.717) is 10.9 Å². The molecule has 1 aromatic carbocycles. The highest BCUT2D eigenvalue weighted by atomic mass is 79.9. The average molecular weight is 257 g/mol. The molecular formula is C10H10BrFN2. The molecule has 1 rings (SSSR count). The maximum absolute atomic E-state index is 12.9. The number of anilines is 1. The van der Waals surface area contributed by atoms with Crippen LogP contribution in [-0.4, -0.2) is 6.04 Å². The second-order valence-corrected chi connectivity index (χ2v) is 3.89. The molecule has 1 atom stereocenters. The van der Waals surface area contributed by atoms with Crippen molar-refractivity contribution in [1.29, 1.82) is 5.26 Å². The van der Waals surface area contributed by atoms with E-state index in [2.05, 4.69) is 27.3 Å². The van der Waals surface area contributed by atoms with E-state index in [1.165, 1.54) is 6.07 Å². The summed E-state index contributed by atoms with van der Waals surface area (Å²) >= 11 is 3.09. The van der Waals surface area contributed by atoms with Gasteiger partial charge in [-0.2, -0.15) is 5.26 Å². The molecule has 1 unspecified atom stereocenters. The maximum Gasteiger partial charge on any atom is 0.137 e. The molecule has 0 bridgehead atoms. The molecule has 0 radical (unpaired) electrons. The molecule has 0 amide bonds. The van der Waals surface area contributed by atoms with E-state index >= 15 is 0 Å². The summed E-state index contributed by atoms with van der Waals surface area (Å²) in [5.74, 6) is -0.288. The summed E-state index contributed by atoms with van der Waals surface area (Å²) in [4.78, 5) is 0. The van der Waals surface area contributed by atoms with Gasteiger partial charge in [-0.25, -0.2) is 4.39 Å². The molecule has 0 aromatic heterocycles. The molecule has 0 spiro atoms. The van der Waals surface area contributed by atoms with Crippen molar-refractivity contribution in [2.45, 2.75) is 19.4 Å². The molecular weight excluding hydrogens is 247 g/mol. The van der Waals surface area contributed by atoms with Crippen molar-refractivity contribution in [2.75, 3.05) is 5.32 Å². The summed E-state index contributed by atoms with van der Waals surface area (Å²) in [6.45, 7) is 1.90. The third-order valence-corrected chi connectivity index (χ3v) is 2.34. The second kappa shape index (κ2) is 4.97. The predicted octanol–water partition coefficient (Wildman–Crippen LogP) is 3.30. The quantitative estimate of drug-likeness (QED) is 0.901. The average Bonchev–Trinajstić information content (AvgIpc) is 2.12. The normalized spacial score (nSPS) is 11.9. The van der Waals surface area contributed by atoms with Crippen molar-refractivity contribution in [3.63, 3.8) is 0 Å². The molecule has 74 valence electrons. The second-order valence-electron chi connectivity index (χ2n) is 3.04. The summed E-state index contributed by atoms with van der Waals surface area (Å²) in [6, 6.07) is 6.82. The fourth-order valence-corrected chi connectivity index (χ4v) is 1.44. The highest BCUT2D eigenvalue weighted by Gasteiger charge is 2.03. The van der Waals surface area contributed by atoms with Crippen LogP contribution in [0, 0.1) is 17.1 Å². The van der Waals surface area contributed by atoms with E-state index in [4.69, 9.17) is 5.26 Å². The minimum atomic E-state index is -0.288. The minimum Gasteiger partial charge on any atom is -0.382 e. The molecule has 14 heavy (non-hydrogen) atoms. The van der Waals surface area contributed by atoms with E-state index in [0.717, 1.165) is 5.69 Å². The van der Waals surface area contributed by atoms with E-state index < -0.39 is 0 Å². The van der Waals surface area contributed by atoms with Crippen molar-refractivity contribution < 1.29 is 4.39 Å². The highest BCUT2D eigenvalue weighted by molar-refractivity contribution is 9.10. The first kappa shape index (κ1) is 11.0. The Kier molecular flexibility index (Phi) is 3.90. The number of hydrogen-bond donors (Lipinski definition) is 1. The standard InChI is InChI=1S/C10H10BrFN2/c1-7(4-5-13)14-8-2-3-10(12)9(11)6-8/h2-3,6-7,14H,4H2,1H3. The zero-order valence-corrected chi connectivity index (χ0v) is 9.31. The van der Waals surface area contributed by atoms with E-state index in [1.807, 2.05) is 6.92 Å². The van der Waals surface area contributed by atoms with Crippen LogP contribution in [0.15, 0.2) is 22.7 Å². The van der Waals surface area contributed by atoms with Crippen LogP contribution >= 0.6 is 15.9 Å². The molecule has 1 aromatic rings. The third kappa shape index (κ3) is 3.00. The minimum absolute atomic E-state index is 0.0670. The highest BCUT2D eigenvalue weighted by Crippen LogP contribution is 2.20. The summed E-state index contributed by atoms with van der Waals surface area (Å²) in [5, 5.41) is 11.5. The first-order valence-electron chi connectivity index (χ1n) is 4.22.